The number of nitrogens with zero attached hydrogens (tertiary/aromatic N) is 1. The van der Waals surface area contributed by atoms with Crippen molar-refractivity contribution < 1.29 is 18.1 Å². The van der Waals surface area contributed by atoms with Crippen LogP contribution in [0, 0.1) is 0 Å². The molecule has 8 heteroatoms. The minimum atomic E-state index is -3.60. The molecule has 1 aliphatic heterocycles. The summed E-state index contributed by atoms with van der Waals surface area (Å²) in [4.78, 5) is 15.6. The van der Waals surface area contributed by atoms with E-state index < -0.39 is 10.0 Å². The summed E-state index contributed by atoms with van der Waals surface area (Å²) in [5, 5.41) is 0.479. The molecule has 1 saturated heterocycles. The second-order valence-corrected chi connectivity index (χ2v) is 7.79. The van der Waals surface area contributed by atoms with Crippen LogP contribution in [-0.2, 0) is 14.8 Å². The van der Waals surface area contributed by atoms with Crippen LogP contribution in [0.25, 0.3) is 0 Å². The van der Waals surface area contributed by atoms with Gasteiger partial charge in [0, 0.05) is 18.0 Å². The van der Waals surface area contributed by atoms with Crippen molar-refractivity contribution >= 4 is 27.5 Å². The maximum Gasteiger partial charge on any atom is 0.240 e. The molecule has 2 rings (SSSR count). The maximum absolute atomic E-state index is 12.1. The number of hydrogen-bond acceptors (Lipinski definition) is 3. The summed E-state index contributed by atoms with van der Waals surface area (Å²) < 4.78 is 26.7. The molecule has 1 fully saturated rings. The van der Waals surface area contributed by atoms with Crippen LogP contribution in [0.3, 0.4) is 0 Å². The van der Waals surface area contributed by atoms with Gasteiger partial charge in [-0.1, -0.05) is 11.6 Å². The SMILES string of the molecule is CC[NH+]1CCN(C(=O)CCNS(=O)(=O)c2ccc(Cl)cc2)CC1. The Bertz CT molecular complexity index is 626. The Morgan fingerprint density at radius 1 is 1.26 bits per heavy atom. The number of benzene rings is 1. The monoisotopic (exact) mass is 360 g/mol. The molecular formula is C15H23ClN3O3S+. The standard InChI is InChI=1S/C15H22ClN3O3S/c1-2-18-9-11-19(12-10-18)15(20)7-8-17-23(21,22)14-5-3-13(16)4-6-14/h3-6,17H,2,7-12H2,1H3/p+1. The Labute approximate surface area is 142 Å². The van der Waals surface area contributed by atoms with E-state index in [0.717, 1.165) is 32.7 Å². The van der Waals surface area contributed by atoms with E-state index in [1.807, 2.05) is 4.90 Å². The topological polar surface area (TPSA) is 70.9 Å². The number of amides is 1. The van der Waals surface area contributed by atoms with Crippen molar-refractivity contribution in [2.45, 2.75) is 18.2 Å². The fraction of sp³-hybridized carbons (Fsp3) is 0.533. The molecule has 1 amide bonds. The van der Waals surface area contributed by atoms with E-state index in [0.29, 0.717) is 5.02 Å². The minimum absolute atomic E-state index is 0.000964. The zero-order valence-electron chi connectivity index (χ0n) is 13.2. The smallest absolute Gasteiger partial charge is 0.240 e. The average molecular weight is 361 g/mol. The van der Waals surface area contributed by atoms with Crippen LogP contribution in [0.4, 0.5) is 0 Å². The summed E-state index contributed by atoms with van der Waals surface area (Å²) in [6.45, 7) is 6.71. The Morgan fingerprint density at radius 3 is 2.43 bits per heavy atom. The number of piperazine rings is 1. The molecule has 0 spiro atoms. The highest BCUT2D eigenvalue weighted by molar-refractivity contribution is 7.89. The number of hydrogen-bond donors (Lipinski definition) is 2. The van der Waals surface area contributed by atoms with Crippen molar-refractivity contribution in [3.05, 3.63) is 29.3 Å². The summed E-state index contributed by atoms with van der Waals surface area (Å²) in [7, 11) is -3.60. The van der Waals surface area contributed by atoms with Gasteiger partial charge in [0.15, 0.2) is 0 Å². The molecule has 0 unspecified atom stereocenters. The van der Waals surface area contributed by atoms with E-state index in [4.69, 9.17) is 11.6 Å². The molecule has 0 aliphatic carbocycles. The van der Waals surface area contributed by atoms with Crippen LogP contribution in [0.1, 0.15) is 13.3 Å². The number of halogens is 1. The van der Waals surface area contributed by atoms with Gasteiger partial charge in [-0.3, -0.25) is 4.79 Å². The van der Waals surface area contributed by atoms with Crippen LogP contribution in [0.15, 0.2) is 29.2 Å². The number of rotatable bonds is 6. The predicted octanol–water partition coefficient (Wildman–Crippen LogP) is -0.245. The third kappa shape index (κ3) is 5.17. The zero-order valence-corrected chi connectivity index (χ0v) is 14.8. The van der Waals surface area contributed by atoms with Gasteiger partial charge in [-0.15, -0.1) is 0 Å². The van der Waals surface area contributed by atoms with Gasteiger partial charge in [0.05, 0.1) is 37.6 Å². The number of carbonyl (C=O) groups excluding carboxylic acids is 1. The summed E-state index contributed by atoms with van der Waals surface area (Å²) >= 11 is 5.75. The Hall–Kier alpha value is -1.15. The van der Waals surface area contributed by atoms with Crippen LogP contribution in [0.2, 0.25) is 5.02 Å². The second kappa shape index (κ2) is 8.10. The first-order chi connectivity index (χ1) is 10.9. The van der Waals surface area contributed by atoms with Crippen LogP contribution < -0.4 is 9.62 Å². The van der Waals surface area contributed by atoms with Crippen LogP contribution in [0.5, 0.6) is 0 Å². The molecule has 128 valence electrons. The number of likely N-dealkylation sites (N-methyl/N-ethyl adjacent to an activating group) is 1. The van der Waals surface area contributed by atoms with E-state index in [1.165, 1.54) is 29.2 Å². The largest absolute Gasteiger partial charge is 0.332 e. The molecule has 2 N–H and O–H groups in total. The lowest BCUT2D eigenvalue weighted by atomic mass is 10.3. The van der Waals surface area contributed by atoms with Gasteiger partial charge < -0.3 is 9.80 Å². The first kappa shape index (κ1) is 18.2. The van der Waals surface area contributed by atoms with E-state index in [-0.39, 0.29) is 23.8 Å². The molecule has 23 heavy (non-hydrogen) atoms. The highest BCUT2D eigenvalue weighted by atomic mass is 35.5. The van der Waals surface area contributed by atoms with E-state index in [2.05, 4.69) is 11.6 Å². The van der Waals surface area contributed by atoms with Crippen molar-refractivity contribution in [1.82, 2.24) is 9.62 Å². The molecule has 1 aromatic carbocycles. The van der Waals surface area contributed by atoms with Crippen molar-refractivity contribution in [2.75, 3.05) is 39.3 Å². The number of nitrogens with one attached hydrogen (secondary N) is 2. The van der Waals surface area contributed by atoms with Gasteiger partial charge in [0.25, 0.3) is 0 Å². The van der Waals surface area contributed by atoms with Crippen LogP contribution in [-0.4, -0.2) is 58.5 Å². The Morgan fingerprint density at radius 2 is 1.87 bits per heavy atom. The fourth-order valence-corrected chi connectivity index (χ4v) is 3.73. The van der Waals surface area contributed by atoms with Crippen molar-refractivity contribution in [1.29, 1.82) is 0 Å². The summed E-state index contributed by atoms with van der Waals surface area (Å²) in [6.07, 6.45) is 0.175. The van der Waals surface area contributed by atoms with Gasteiger partial charge in [-0.25, -0.2) is 13.1 Å². The number of sulfonamides is 1. The fourth-order valence-electron chi connectivity index (χ4n) is 2.57. The van der Waals surface area contributed by atoms with Gasteiger partial charge in [0.2, 0.25) is 15.9 Å². The Kier molecular flexibility index (Phi) is 6.41. The normalized spacial score (nSPS) is 16.5. The van der Waals surface area contributed by atoms with Crippen molar-refractivity contribution in [3.63, 3.8) is 0 Å². The molecule has 0 bridgehead atoms. The molecular weight excluding hydrogens is 338 g/mol. The quantitative estimate of drug-likeness (QED) is 0.735. The van der Waals surface area contributed by atoms with Gasteiger partial charge in [0.1, 0.15) is 0 Å². The van der Waals surface area contributed by atoms with Crippen molar-refractivity contribution in [2.24, 2.45) is 0 Å². The molecule has 1 aliphatic rings. The molecule has 0 atom stereocenters. The van der Waals surface area contributed by atoms with Gasteiger partial charge >= 0.3 is 0 Å². The number of carbonyl (C=O) groups is 1. The van der Waals surface area contributed by atoms with E-state index in [1.54, 1.807) is 0 Å². The molecule has 1 heterocycles. The van der Waals surface area contributed by atoms with Gasteiger partial charge in [-0.2, -0.15) is 0 Å². The summed E-state index contributed by atoms with van der Waals surface area (Å²) in [5.74, 6) is -0.000964. The van der Waals surface area contributed by atoms with Gasteiger partial charge in [-0.05, 0) is 31.2 Å². The zero-order chi connectivity index (χ0) is 16.9. The lowest BCUT2D eigenvalue weighted by Crippen LogP contribution is -3.14. The molecule has 0 radical (unpaired) electrons. The predicted molar refractivity (Wildman–Crippen MR) is 89.1 cm³/mol. The first-order valence-corrected chi connectivity index (χ1v) is 9.65. The highest BCUT2D eigenvalue weighted by Crippen LogP contribution is 2.13. The average Bonchev–Trinajstić information content (AvgIpc) is 2.55. The third-order valence-electron chi connectivity index (χ3n) is 4.08. The highest BCUT2D eigenvalue weighted by Gasteiger charge is 2.22. The lowest BCUT2D eigenvalue weighted by molar-refractivity contribution is -0.902. The molecule has 0 aromatic heterocycles. The second-order valence-electron chi connectivity index (χ2n) is 5.59. The summed E-state index contributed by atoms with van der Waals surface area (Å²) in [5.41, 5.74) is 0. The molecule has 1 aromatic rings. The van der Waals surface area contributed by atoms with E-state index in [9.17, 15) is 13.2 Å². The Balaban J connectivity index is 1.80. The molecule has 6 nitrogen and oxygen atoms in total. The first-order valence-electron chi connectivity index (χ1n) is 7.79. The summed E-state index contributed by atoms with van der Waals surface area (Å²) in [6, 6.07) is 5.94. The number of quaternary nitrogens is 1. The van der Waals surface area contributed by atoms with Crippen LogP contribution >= 0.6 is 11.6 Å². The minimum Gasteiger partial charge on any atom is -0.332 e. The third-order valence-corrected chi connectivity index (χ3v) is 5.81. The lowest BCUT2D eigenvalue weighted by Gasteiger charge is -2.31. The van der Waals surface area contributed by atoms with Crippen molar-refractivity contribution in [3.8, 4) is 0 Å². The maximum atomic E-state index is 12.1. The van der Waals surface area contributed by atoms with E-state index >= 15 is 0 Å². The molecule has 0 saturated carbocycles.